The zero-order valence-corrected chi connectivity index (χ0v) is 8.49. The predicted octanol–water partition coefficient (Wildman–Crippen LogP) is 1.13. The van der Waals surface area contributed by atoms with Crippen LogP contribution in [0.15, 0.2) is 0 Å². The predicted molar refractivity (Wildman–Crippen MR) is 45.3 cm³/mol. The Bertz CT molecular complexity index is 169. The van der Waals surface area contributed by atoms with Gasteiger partial charge in [0.1, 0.15) is 0 Å². The van der Waals surface area contributed by atoms with Crippen molar-refractivity contribution >= 4 is 7.75 Å². The van der Waals surface area contributed by atoms with E-state index in [2.05, 4.69) is 0 Å². The SMILES string of the molecule is CCC(C)ON(CC)P(=O)(O)O. The molecule has 2 N–H and O–H groups in total. The molecule has 0 amide bonds. The molecule has 0 bridgehead atoms. The van der Waals surface area contributed by atoms with E-state index < -0.39 is 7.75 Å². The van der Waals surface area contributed by atoms with E-state index in [4.69, 9.17) is 14.6 Å². The zero-order valence-electron chi connectivity index (χ0n) is 7.60. The van der Waals surface area contributed by atoms with E-state index in [1.807, 2.05) is 6.92 Å². The molecular formula is C6H16NO4P. The summed E-state index contributed by atoms with van der Waals surface area (Å²) in [5.74, 6) is 0. The summed E-state index contributed by atoms with van der Waals surface area (Å²) in [5.41, 5.74) is 0. The number of nitrogens with zero attached hydrogens (tertiary/aromatic N) is 1. The van der Waals surface area contributed by atoms with Gasteiger partial charge >= 0.3 is 7.75 Å². The van der Waals surface area contributed by atoms with Gasteiger partial charge in [-0.1, -0.05) is 11.8 Å². The van der Waals surface area contributed by atoms with Gasteiger partial charge < -0.3 is 9.79 Å². The smallest absolute Gasteiger partial charge is 0.311 e. The first-order valence-corrected chi connectivity index (χ1v) is 5.48. The van der Waals surface area contributed by atoms with Crippen LogP contribution in [0.4, 0.5) is 0 Å². The van der Waals surface area contributed by atoms with E-state index in [1.54, 1.807) is 13.8 Å². The number of hydroxylamine groups is 1. The summed E-state index contributed by atoms with van der Waals surface area (Å²) in [6, 6.07) is 0. The molecule has 0 aliphatic heterocycles. The Kier molecular flexibility index (Phi) is 4.97. The van der Waals surface area contributed by atoms with Gasteiger partial charge in [-0.25, -0.2) is 4.57 Å². The summed E-state index contributed by atoms with van der Waals surface area (Å²) < 4.78 is 10.7. The molecule has 0 aromatic carbocycles. The first-order valence-electron chi connectivity index (χ1n) is 3.92. The summed E-state index contributed by atoms with van der Waals surface area (Å²) >= 11 is 0. The molecule has 5 nitrogen and oxygen atoms in total. The van der Waals surface area contributed by atoms with Gasteiger partial charge in [-0.2, -0.15) is 0 Å². The number of hydrogen-bond acceptors (Lipinski definition) is 2. The molecule has 0 heterocycles. The van der Waals surface area contributed by atoms with Gasteiger partial charge in [0.05, 0.1) is 6.10 Å². The Balaban J connectivity index is 4.10. The van der Waals surface area contributed by atoms with Crippen LogP contribution in [-0.2, 0) is 9.40 Å². The molecule has 0 spiro atoms. The van der Waals surface area contributed by atoms with Crippen molar-refractivity contribution in [2.24, 2.45) is 0 Å². The monoisotopic (exact) mass is 197 g/mol. The molecule has 0 aromatic heterocycles. The largest absolute Gasteiger partial charge is 0.426 e. The molecule has 0 saturated heterocycles. The van der Waals surface area contributed by atoms with Gasteiger partial charge in [-0.05, 0) is 20.3 Å². The highest BCUT2D eigenvalue weighted by Gasteiger charge is 2.25. The van der Waals surface area contributed by atoms with Crippen LogP contribution in [0.5, 0.6) is 0 Å². The highest BCUT2D eigenvalue weighted by atomic mass is 31.2. The van der Waals surface area contributed by atoms with E-state index in [9.17, 15) is 4.57 Å². The minimum Gasteiger partial charge on any atom is -0.311 e. The summed E-state index contributed by atoms with van der Waals surface area (Å²) in [6.07, 6.45) is 0.550. The van der Waals surface area contributed by atoms with Gasteiger partial charge in [-0.15, -0.1) is 0 Å². The molecule has 6 heteroatoms. The van der Waals surface area contributed by atoms with Gasteiger partial charge in [0.15, 0.2) is 0 Å². The van der Waals surface area contributed by atoms with Crippen LogP contribution in [-0.4, -0.2) is 27.3 Å². The molecule has 0 rings (SSSR count). The molecule has 0 aromatic rings. The van der Waals surface area contributed by atoms with Crippen molar-refractivity contribution in [1.29, 1.82) is 0 Å². The average molecular weight is 197 g/mol. The molecule has 74 valence electrons. The van der Waals surface area contributed by atoms with Crippen LogP contribution in [0.2, 0.25) is 0 Å². The summed E-state index contributed by atoms with van der Waals surface area (Å²) in [4.78, 5) is 23.2. The molecule has 0 aliphatic carbocycles. The Morgan fingerprint density at radius 1 is 1.50 bits per heavy atom. The Morgan fingerprint density at radius 2 is 2.00 bits per heavy atom. The highest BCUT2D eigenvalue weighted by Crippen LogP contribution is 2.40. The maximum absolute atomic E-state index is 10.7. The van der Waals surface area contributed by atoms with Crippen LogP contribution in [0.25, 0.3) is 0 Å². The molecule has 0 fully saturated rings. The summed E-state index contributed by atoms with van der Waals surface area (Å²) in [7, 11) is -4.23. The third kappa shape index (κ3) is 4.18. The molecule has 1 atom stereocenters. The zero-order chi connectivity index (χ0) is 9.78. The van der Waals surface area contributed by atoms with Gasteiger partial charge in [0.25, 0.3) is 0 Å². The van der Waals surface area contributed by atoms with Crippen molar-refractivity contribution in [1.82, 2.24) is 4.83 Å². The van der Waals surface area contributed by atoms with E-state index >= 15 is 0 Å². The maximum atomic E-state index is 10.7. The van der Waals surface area contributed by atoms with E-state index in [-0.39, 0.29) is 12.6 Å². The third-order valence-electron chi connectivity index (χ3n) is 1.44. The van der Waals surface area contributed by atoms with Crippen LogP contribution in [0.3, 0.4) is 0 Å². The van der Waals surface area contributed by atoms with E-state index in [0.29, 0.717) is 4.83 Å². The summed E-state index contributed by atoms with van der Waals surface area (Å²) in [6.45, 7) is 5.45. The molecule has 0 aliphatic rings. The van der Waals surface area contributed by atoms with Crippen LogP contribution >= 0.6 is 7.75 Å². The first-order chi connectivity index (χ1) is 5.41. The second-order valence-corrected chi connectivity index (χ2v) is 3.98. The minimum absolute atomic E-state index is 0.169. The van der Waals surface area contributed by atoms with Crippen molar-refractivity contribution in [2.45, 2.75) is 33.3 Å². The Labute approximate surface area is 72.5 Å². The Hall–Kier alpha value is 0.0700. The lowest BCUT2D eigenvalue weighted by molar-refractivity contribution is -0.140. The summed E-state index contributed by atoms with van der Waals surface area (Å²) in [5, 5.41) is 0. The first kappa shape index (κ1) is 12.1. The van der Waals surface area contributed by atoms with Crippen molar-refractivity contribution in [3.8, 4) is 0 Å². The molecule has 0 radical (unpaired) electrons. The average Bonchev–Trinajstić information content (AvgIpc) is 1.97. The van der Waals surface area contributed by atoms with Crippen molar-refractivity contribution < 1.29 is 19.2 Å². The lowest BCUT2D eigenvalue weighted by Gasteiger charge is -2.23. The molecule has 0 saturated carbocycles. The van der Waals surface area contributed by atoms with Gasteiger partial charge in [0, 0.05) is 6.54 Å². The molecule has 1 unspecified atom stereocenters. The second kappa shape index (κ2) is 4.94. The van der Waals surface area contributed by atoms with Crippen LogP contribution in [0, 0.1) is 0 Å². The molecular weight excluding hydrogens is 181 g/mol. The number of rotatable bonds is 5. The van der Waals surface area contributed by atoms with Gasteiger partial charge in [-0.3, -0.25) is 4.84 Å². The van der Waals surface area contributed by atoms with Gasteiger partial charge in [0.2, 0.25) is 0 Å². The second-order valence-electron chi connectivity index (χ2n) is 2.51. The quantitative estimate of drug-likeness (QED) is 0.510. The Morgan fingerprint density at radius 3 is 2.25 bits per heavy atom. The topological polar surface area (TPSA) is 70.0 Å². The van der Waals surface area contributed by atoms with Crippen LogP contribution < -0.4 is 0 Å². The van der Waals surface area contributed by atoms with Crippen molar-refractivity contribution in [2.75, 3.05) is 6.54 Å². The highest BCUT2D eigenvalue weighted by molar-refractivity contribution is 7.48. The van der Waals surface area contributed by atoms with E-state index in [1.165, 1.54) is 0 Å². The maximum Gasteiger partial charge on any atom is 0.426 e. The van der Waals surface area contributed by atoms with Crippen LogP contribution in [0.1, 0.15) is 27.2 Å². The standard InChI is InChI=1S/C6H16NO4P/c1-4-6(3)11-7(5-2)12(8,9)10/h6H,4-5H2,1-3H3,(H2,8,9,10). The number of hydrogen-bond donors (Lipinski definition) is 2. The lowest BCUT2D eigenvalue weighted by Crippen LogP contribution is -2.25. The fraction of sp³-hybridized carbons (Fsp3) is 1.00. The minimum atomic E-state index is -4.23. The lowest BCUT2D eigenvalue weighted by atomic mass is 10.3. The fourth-order valence-electron chi connectivity index (χ4n) is 0.602. The normalized spacial score (nSPS) is 15.2. The molecule has 12 heavy (non-hydrogen) atoms. The van der Waals surface area contributed by atoms with Crippen molar-refractivity contribution in [3.05, 3.63) is 0 Å². The fourth-order valence-corrected chi connectivity index (χ4v) is 1.25. The van der Waals surface area contributed by atoms with E-state index in [0.717, 1.165) is 6.42 Å². The third-order valence-corrected chi connectivity index (χ3v) is 2.40. The van der Waals surface area contributed by atoms with Crippen molar-refractivity contribution in [3.63, 3.8) is 0 Å².